The minimum Gasteiger partial charge on any atom is -0.480 e. The number of hydrogen-bond donors (Lipinski definition) is 2. The van der Waals surface area contributed by atoms with Crippen LogP contribution >= 0.6 is 0 Å². The first-order chi connectivity index (χ1) is 8.59. The SMILES string of the molecule is NC(CN1CCn2cnnc2C1)(C(=O)O)C1CC1. The lowest BCUT2D eigenvalue weighted by molar-refractivity contribution is -0.145. The molecule has 0 spiro atoms. The van der Waals surface area contributed by atoms with Crippen LogP contribution in [-0.4, -0.2) is 49.4 Å². The molecule has 1 fully saturated rings. The van der Waals surface area contributed by atoms with Crippen molar-refractivity contribution >= 4 is 5.97 Å². The van der Waals surface area contributed by atoms with Gasteiger partial charge in [0.1, 0.15) is 17.7 Å². The van der Waals surface area contributed by atoms with E-state index in [0.717, 1.165) is 31.8 Å². The molecule has 1 aliphatic carbocycles. The lowest BCUT2D eigenvalue weighted by atomic mass is 9.93. The summed E-state index contributed by atoms with van der Waals surface area (Å²) in [5.41, 5.74) is 4.98. The Kier molecular flexibility index (Phi) is 2.60. The lowest BCUT2D eigenvalue weighted by Gasteiger charge is -2.34. The summed E-state index contributed by atoms with van der Waals surface area (Å²) in [5.74, 6) is 0.108. The molecule has 1 aromatic heterocycles. The van der Waals surface area contributed by atoms with Crippen molar-refractivity contribution in [2.24, 2.45) is 11.7 Å². The van der Waals surface area contributed by atoms with E-state index in [-0.39, 0.29) is 5.92 Å². The smallest absolute Gasteiger partial charge is 0.325 e. The summed E-state index contributed by atoms with van der Waals surface area (Å²) in [6.07, 6.45) is 3.56. The number of carbonyl (C=O) groups is 1. The number of nitrogens with two attached hydrogens (primary N) is 1. The van der Waals surface area contributed by atoms with Crippen molar-refractivity contribution in [2.75, 3.05) is 13.1 Å². The van der Waals surface area contributed by atoms with Gasteiger partial charge in [0, 0.05) is 19.6 Å². The highest BCUT2D eigenvalue weighted by molar-refractivity contribution is 5.79. The molecule has 3 rings (SSSR count). The Balaban J connectivity index is 1.71. The van der Waals surface area contributed by atoms with Crippen LogP contribution in [0.15, 0.2) is 6.33 Å². The number of carboxylic acids is 1. The van der Waals surface area contributed by atoms with Crippen LogP contribution in [0.3, 0.4) is 0 Å². The molecular weight excluding hydrogens is 234 g/mol. The van der Waals surface area contributed by atoms with Crippen LogP contribution in [0, 0.1) is 5.92 Å². The van der Waals surface area contributed by atoms with E-state index in [1.54, 1.807) is 6.33 Å². The maximum Gasteiger partial charge on any atom is 0.325 e. The van der Waals surface area contributed by atoms with E-state index < -0.39 is 11.5 Å². The second kappa shape index (κ2) is 4.03. The van der Waals surface area contributed by atoms with Gasteiger partial charge in [0.2, 0.25) is 0 Å². The monoisotopic (exact) mass is 251 g/mol. The molecule has 0 radical (unpaired) electrons. The lowest BCUT2D eigenvalue weighted by Crippen LogP contribution is -2.58. The minimum atomic E-state index is -1.11. The molecule has 98 valence electrons. The fourth-order valence-electron chi connectivity index (χ4n) is 2.59. The third-order valence-corrected chi connectivity index (χ3v) is 3.91. The Morgan fingerprint density at radius 1 is 1.56 bits per heavy atom. The van der Waals surface area contributed by atoms with E-state index in [0.29, 0.717) is 13.1 Å². The highest BCUT2D eigenvalue weighted by atomic mass is 16.4. The van der Waals surface area contributed by atoms with Gasteiger partial charge in [-0.15, -0.1) is 10.2 Å². The van der Waals surface area contributed by atoms with Gasteiger partial charge in [-0.05, 0) is 18.8 Å². The zero-order valence-corrected chi connectivity index (χ0v) is 10.1. The van der Waals surface area contributed by atoms with Crippen LogP contribution in [0.4, 0.5) is 0 Å². The normalized spacial score (nSPS) is 23.4. The number of fused-ring (bicyclic) bond motifs is 1. The highest BCUT2D eigenvalue weighted by Gasteiger charge is 2.49. The Morgan fingerprint density at radius 2 is 2.33 bits per heavy atom. The summed E-state index contributed by atoms with van der Waals surface area (Å²) in [6.45, 7) is 2.60. The Bertz CT molecular complexity index is 470. The summed E-state index contributed by atoms with van der Waals surface area (Å²) in [7, 11) is 0. The third kappa shape index (κ3) is 1.89. The number of nitrogens with zero attached hydrogens (tertiary/aromatic N) is 4. The molecule has 1 atom stereocenters. The summed E-state index contributed by atoms with van der Waals surface area (Å²) < 4.78 is 1.99. The van der Waals surface area contributed by atoms with Gasteiger partial charge in [-0.3, -0.25) is 9.69 Å². The molecule has 1 aromatic rings. The molecule has 1 aliphatic heterocycles. The van der Waals surface area contributed by atoms with Crippen LogP contribution in [0.25, 0.3) is 0 Å². The maximum atomic E-state index is 11.4. The molecule has 0 saturated heterocycles. The van der Waals surface area contributed by atoms with E-state index >= 15 is 0 Å². The summed E-state index contributed by atoms with van der Waals surface area (Å²) >= 11 is 0. The van der Waals surface area contributed by atoms with Gasteiger partial charge in [0.25, 0.3) is 0 Å². The Hall–Kier alpha value is -1.47. The summed E-state index contributed by atoms with van der Waals surface area (Å²) in [4.78, 5) is 13.5. The average Bonchev–Trinajstić information content (AvgIpc) is 3.09. The third-order valence-electron chi connectivity index (χ3n) is 3.91. The first kappa shape index (κ1) is 11.6. The molecule has 2 aliphatic rings. The number of aliphatic carboxylic acids is 1. The van der Waals surface area contributed by atoms with Crippen molar-refractivity contribution in [3.8, 4) is 0 Å². The predicted molar refractivity (Wildman–Crippen MR) is 62.6 cm³/mol. The van der Waals surface area contributed by atoms with Crippen LogP contribution in [0.5, 0.6) is 0 Å². The van der Waals surface area contributed by atoms with Crippen molar-refractivity contribution in [1.82, 2.24) is 19.7 Å². The first-order valence-corrected chi connectivity index (χ1v) is 6.21. The first-order valence-electron chi connectivity index (χ1n) is 6.21. The summed E-state index contributed by atoms with van der Waals surface area (Å²) in [6, 6.07) is 0. The maximum absolute atomic E-state index is 11.4. The highest BCUT2D eigenvalue weighted by Crippen LogP contribution is 2.39. The second-order valence-corrected chi connectivity index (χ2v) is 5.27. The number of carboxylic acid groups (broad SMARTS) is 1. The number of hydrogen-bond acceptors (Lipinski definition) is 5. The van der Waals surface area contributed by atoms with Crippen molar-refractivity contribution in [1.29, 1.82) is 0 Å². The molecule has 1 saturated carbocycles. The van der Waals surface area contributed by atoms with Gasteiger partial charge in [0.15, 0.2) is 0 Å². The van der Waals surface area contributed by atoms with Gasteiger partial charge < -0.3 is 15.4 Å². The Morgan fingerprint density at radius 3 is 3.00 bits per heavy atom. The predicted octanol–water partition coefficient (Wildman–Crippen LogP) is -0.714. The molecular formula is C11H17N5O2. The average molecular weight is 251 g/mol. The van der Waals surface area contributed by atoms with E-state index in [1.165, 1.54) is 0 Å². The van der Waals surface area contributed by atoms with Gasteiger partial charge in [-0.25, -0.2) is 0 Å². The van der Waals surface area contributed by atoms with Gasteiger partial charge in [-0.2, -0.15) is 0 Å². The molecule has 0 aromatic carbocycles. The standard InChI is InChI=1S/C11H17N5O2/c12-11(10(17)18,8-1-2-8)6-15-3-4-16-7-13-14-9(16)5-15/h7-8H,1-6,12H2,(H,17,18). The van der Waals surface area contributed by atoms with Gasteiger partial charge in [-0.1, -0.05) is 0 Å². The minimum absolute atomic E-state index is 0.120. The largest absolute Gasteiger partial charge is 0.480 e. The fraction of sp³-hybridized carbons (Fsp3) is 0.727. The molecule has 7 nitrogen and oxygen atoms in total. The molecule has 3 N–H and O–H groups in total. The van der Waals surface area contributed by atoms with Crippen LogP contribution in [-0.2, 0) is 17.9 Å². The number of rotatable bonds is 4. The second-order valence-electron chi connectivity index (χ2n) is 5.27. The van der Waals surface area contributed by atoms with Gasteiger partial charge in [0.05, 0.1) is 6.54 Å². The van der Waals surface area contributed by atoms with Crippen LogP contribution < -0.4 is 5.73 Å². The van der Waals surface area contributed by atoms with Crippen molar-refractivity contribution in [3.05, 3.63) is 12.2 Å². The molecule has 18 heavy (non-hydrogen) atoms. The molecule has 2 heterocycles. The molecule has 0 bridgehead atoms. The zero-order valence-electron chi connectivity index (χ0n) is 10.1. The van der Waals surface area contributed by atoms with Crippen molar-refractivity contribution in [2.45, 2.75) is 31.5 Å². The van der Waals surface area contributed by atoms with Crippen LogP contribution in [0.2, 0.25) is 0 Å². The topological polar surface area (TPSA) is 97.3 Å². The molecule has 1 unspecified atom stereocenters. The van der Waals surface area contributed by atoms with Crippen molar-refractivity contribution in [3.63, 3.8) is 0 Å². The quantitative estimate of drug-likeness (QED) is 0.733. The van der Waals surface area contributed by atoms with Crippen molar-refractivity contribution < 1.29 is 9.90 Å². The van der Waals surface area contributed by atoms with Gasteiger partial charge >= 0.3 is 5.97 Å². The molecule has 7 heteroatoms. The number of aromatic nitrogens is 3. The molecule has 0 amide bonds. The Labute approximate surface area is 105 Å². The van der Waals surface area contributed by atoms with E-state index in [9.17, 15) is 9.90 Å². The van der Waals surface area contributed by atoms with E-state index in [1.807, 2.05) is 4.57 Å². The summed E-state index contributed by atoms with van der Waals surface area (Å²) in [5, 5.41) is 17.2. The van der Waals surface area contributed by atoms with E-state index in [4.69, 9.17) is 5.73 Å². The fourth-order valence-corrected chi connectivity index (χ4v) is 2.59. The van der Waals surface area contributed by atoms with Crippen LogP contribution in [0.1, 0.15) is 18.7 Å². The van der Waals surface area contributed by atoms with E-state index in [2.05, 4.69) is 15.1 Å². The zero-order chi connectivity index (χ0) is 12.8.